The highest BCUT2D eigenvalue weighted by molar-refractivity contribution is 7.09. The van der Waals surface area contributed by atoms with Crippen LogP contribution in [-0.2, 0) is 25.8 Å². The third-order valence-corrected chi connectivity index (χ3v) is 3.26. The molecule has 2 rings (SSSR count). The Bertz CT molecular complexity index is 747. The minimum atomic E-state index is -1.40. The first-order chi connectivity index (χ1) is 11.5. The van der Waals surface area contributed by atoms with Crippen molar-refractivity contribution in [2.45, 2.75) is 19.6 Å². The number of hydrogen-bond acceptors (Lipinski definition) is 9. The van der Waals surface area contributed by atoms with E-state index in [9.17, 15) is 9.59 Å². The number of oxime groups is 1. The number of rotatable bonds is 7. The second kappa shape index (κ2) is 8.02. The molecule has 0 fully saturated rings. The van der Waals surface area contributed by atoms with Crippen LogP contribution in [0, 0.1) is 0 Å². The molecule has 9 nitrogen and oxygen atoms in total. The molecule has 0 aliphatic rings. The number of anilines is 1. The Kier molecular flexibility index (Phi) is 5.79. The molecular weight excluding hydrogens is 336 g/mol. The highest BCUT2D eigenvalue weighted by atomic mass is 32.1. The number of nitrogens with two attached hydrogens (primary N) is 1. The van der Waals surface area contributed by atoms with Gasteiger partial charge in [-0.05, 0) is 12.5 Å². The van der Waals surface area contributed by atoms with E-state index in [1.807, 2.05) is 18.2 Å². The van der Waals surface area contributed by atoms with E-state index >= 15 is 0 Å². The van der Waals surface area contributed by atoms with Gasteiger partial charge in [0.05, 0.1) is 0 Å². The number of hydrogen-bond donors (Lipinski definition) is 2. The van der Waals surface area contributed by atoms with Crippen LogP contribution in [0.5, 0.6) is 0 Å². The lowest BCUT2D eigenvalue weighted by molar-refractivity contribution is -0.157. The van der Waals surface area contributed by atoms with Crippen LogP contribution in [0.4, 0.5) is 5.13 Å². The number of ether oxygens (including phenoxy) is 1. The van der Waals surface area contributed by atoms with Crippen molar-refractivity contribution in [3.63, 3.8) is 0 Å². The summed E-state index contributed by atoms with van der Waals surface area (Å²) in [7, 11) is 0. The number of nitrogen functional groups attached to an aromatic ring is 1. The largest absolute Gasteiger partial charge is 0.476 e. The van der Waals surface area contributed by atoms with Crippen LogP contribution >= 0.6 is 11.5 Å². The van der Waals surface area contributed by atoms with Gasteiger partial charge < -0.3 is 20.4 Å². The van der Waals surface area contributed by atoms with Crippen molar-refractivity contribution in [3.05, 3.63) is 41.7 Å². The van der Waals surface area contributed by atoms with Crippen molar-refractivity contribution in [1.29, 1.82) is 0 Å². The van der Waals surface area contributed by atoms with Crippen molar-refractivity contribution in [3.8, 4) is 0 Å². The number of aromatic nitrogens is 2. The summed E-state index contributed by atoms with van der Waals surface area (Å²) in [6.07, 6.45) is -1.10. The highest BCUT2D eigenvalue weighted by Crippen LogP contribution is 2.08. The van der Waals surface area contributed by atoms with Crippen LogP contribution in [-0.4, -0.2) is 38.2 Å². The normalized spacial score (nSPS) is 12.5. The maximum Gasteiger partial charge on any atom is 0.362 e. The Morgan fingerprint density at radius 2 is 2.08 bits per heavy atom. The van der Waals surface area contributed by atoms with Crippen LogP contribution in [0.25, 0.3) is 0 Å². The summed E-state index contributed by atoms with van der Waals surface area (Å²) < 4.78 is 8.80. The summed E-state index contributed by atoms with van der Waals surface area (Å²) in [6, 6.07) is 9.09. The molecule has 24 heavy (non-hydrogen) atoms. The Morgan fingerprint density at radius 3 is 2.67 bits per heavy atom. The molecule has 0 bridgehead atoms. The minimum absolute atomic E-state index is 0.0764. The molecule has 0 aliphatic carbocycles. The smallest absolute Gasteiger partial charge is 0.362 e. The first-order valence-corrected chi connectivity index (χ1v) is 7.52. The SMILES string of the molecule is CC(O/N=C(/C(=O)O)c1nsc(N)n1)C(=O)OCc1ccccc1. The lowest BCUT2D eigenvalue weighted by Gasteiger charge is -2.10. The fraction of sp³-hybridized carbons (Fsp3) is 0.214. The van der Waals surface area contributed by atoms with E-state index < -0.39 is 23.8 Å². The lowest BCUT2D eigenvalue weighted by atomic mass is 10.2. The zero-order valence-corrected chi connectivity index (χ0v) is 13.4. The third kappa shape index (κ3) is 4.74. The number of carbonyl (C=O) groups excluding carboxylic acids is 1. The topological polar surface area (TPSA) is 137 Å². The Labute approximate surface area is 140 Å². The van der Waals surface area contributed by atoms with Crippen LogP contribution in [0.2, 0.25) is 0 Å². The first-order valence-electron chi connectivity index (χ1n) is 6.74. The van der Waals surface area contributed by atoms with Crippen molar-refractivity contribution in [1.82, 2.24) is 9.36 Å². The van der Waals surface area contributed by atoms with Gasteiger partial charge in [-0.2, -0.15) is 9.36 Å². The Morgan fingerprint density at radius 1 is 1.38 bits per heavy atom. The summed E-state index contributed by atoms with van der Waals surface area (Å²) in [5, 5.41) is 12.6. The van der Waals surface area contributed by atoms with E-state index in [1.54, 1.807) is 12.1 Å². The zero-order chi connectivity index (χ0) is 17.5. The van der Waals surface area contributed by atoms with E-state index in [2.05, 4.69) is 14.5 Å². The van der Waals surface area contributed by atoms with Crippen LogP contribution in [0.15, 0.2) is 35.5 Å². The van der Waals surface area contributed by atoms with Crippen molar-refractivity contribution >= 4 is 34.3 Å². The van der Waals surface area contributed by atoms with Gasteiger partial charge in [-0.1, -0.05) is 35.5 Å². The number of esters is 1. The van der Waals surface area contributed by atoms with E-state index in [1.165, 1.54) is 6.92 Å². The molecule has 0 saturated carbocycles. The van der Waals surface area contributed by atoms with Crippen molar-refractivity contribution in [2.24, 2.45) is 5.16 Å². The van der Waals surface area contributed by atoms with Gasteiger partial charge in [0.1, 0.15) is 6.61 Å². The second-order valence-electron chi connectivity index (χ2n) is 4.54. The molecule has 1 aromatic carbocycles. The van der Waals surface area contributed by atoms with E-state index in [-0.39, 0.29) is 17.6 Å². The molecule has 0 amide bonds. The van der Waals surface area contributed by atoms with E-state index in [0.29, 0.717) is 0 Å². The van der Waals surface area contributed by atoms with E-state index in [0.717, 1.165) is 17.1 Å². The Balaban J connectivity index is 1.95. The number of carboxylic acid groups (broad SMARTS) is 1. The fourth-order valence-electron chi connectivity index (χ4n) is 1.53. The van der Waals surface area contributed by atoms with Crippen molar-refractivity contribution in [2.75, 3.05) is 5.73 Å². The maximum absolute atomic E-state index is 11.8. The number of aliphatic carboxylic acids is 1. The lowest BCUT2D eigenvalue weighted by Crippen LogP contribution is -2.24. The quantitative estimate of drug-likeness (QED) is 0.429. The summed E-state index contributed by atoms with van der Waals surface area (Å²) in [5.41, 5.74) is 5.66. The predicted molar refractivity (Wildman–Crippen MR) is 85.3 cm³/mol. The van der Waals surface area contributed by atoms with Gasteiger partial charge in [-0.3, -0.25) is 0 Å². The molecule has 3 N–H and O–H groups in total. The van der Waals surface area contributed by atoms with E-state index in [4.69, 9.17) is 20.4 Å². The third-order valence-electron chi connectivity index (χ3n) is 2.71. The molecule has 0 saturated heterocycles. The first kappa shape index (κ1) is 17.3. The zero-order valence-electron chi connectivity index (χ0n) is 12.6. The van der Waals surface area contributed by atoms with Crippen LogP contribution in [0.3, 0.4) is 0 Å². The average Bonchev–Trinajstić information content (AvgIpc) is 2.99. The Hall–Kier alpha value is -3.01. The van der Waals surface area contributed by atoms with Gasteiger partial charge in [0.2, 0.25) is 17.6 Å². The monoisotopic (exact) mass is 350 g/mol. The van der Waals surface area contributed by atoms with Gasteiger partial charge in [0.15, 0.2) is 5.13 Å². The molecule has 1 heterocycles. The molecule has 0 aliphatic heterocycles. The second-order valence-corrected chi connectivity index (χ2v) is 5.33. The molecule has 0 radical (unpaired) electrons. The molecule has 1 unspecified atom stereocenters. The molecule has 1 atom stereocenters. The summed E-state index contributed by atoms with van der Waals surface area (Å²) in [6.45, 7) is 1.46. The summed E-state index contributed by atoms with van der Waals surface area (Å²) in [5.74, 6) is -2.27. The molecule has 126 valence electrons. The average molecular weight is 350 g/mol. The standard InChI is InChI=1S/C14H14N4O5S/c1-8(13(21)22-7-9-5-3-2-4-6-9)23-17-10(12(19)20)11-16-14(15)24-18-11/h2-6,8H,7H2,1H3,(H,19,20)(H2,15,16,18)/b17-10+. The molecular formula is C14H14N4O5S. The van der Waals surface area contributed by atoms with Gasteiger partial charge >= 0.3 is 11.9 Å². The van der Waals surface area contributed by atoms with Gasteiger partial charge in [0, 0.05) is 11.5 Å². The van der Waals surface area contributed by atoms with Gasteiger partial charge in [-0.15, -0.1) is 0 Å². The van der Waals surface area contributed by atoms with Crippen LogP contribution in [0.1, 0.15) is 18.3 Å². The number of carboxylic acids is 1. The van der Waals surface area contributed by atoms with Gasteiger partial charge in [0.25, 0.3) is 0 Å². The maximum atomic E-state index is 11.8. The predicted octanol–water partition coefficient (Wildman–Crippen LogP) is 1.06. The summed E-state index contributed by atoms with van der Waals surface area (Å²) >= 11 is 0.822. The highest BCUT2D eigenvalue weighted by Gasteiger charge is 2.22. The number of nitrogens with zero attached hydrogens (tertiary/aromatic N) is 3. The fourth-order valence-corrected chi connectivity index (χ4v) is 1.96. The van der Waals surface area contributed by atoms with Gasteiger partial charge in [-0.25, -0.2) is 9.59 Å². The van der Waals surface area contributed by atoms with Crippen LogP contribution < -0.4 is 5.73 Å². The number of benzene rings is 1. The molecule has 2 aromatic rings. The molecule has 0 spiro atoms. The molecule has 10 heteroatoms. The van der Waals surface area contributed by atoms with Crippen molar-refractivity contribution < 1.29 is 24.3 Å². The summed E-state index contributed by atoms with van der Waals surface area (Å²) in [4.78, 5) is 31.6. The number of carbonyl (C=O) groups is 2. The molecule has 1 aromatic heterocycles. The minimum Gasteiger partial charge on any atom is -0.476 e.